The summed E-state index contributed by atoms with van der Waals surface area (Å²) in [7, 11) is 0. The lowest BCUT2D eigenvalue weighted by molar-refractivity contribution is 0.127. The molecule has 0 aromatic heterocycles. The van der Waals surface area contributed by atoms with E-state index in [4.69, 9.17) is 0 Å². The smallest absolute Gasteiger partial charge is 0.0263 e. The number of hydrogen-bond donors (Lipinski definition) is 1. The molecule has 0 amide bonds. The summed E-state index contributed by atoms with van der Waals surface area (Å²) in [5, 5.41) is 3.50. The average molecular weight is 265 g/mol. The van der Waals surface area contributed by atoms with E-state index in [0.717, 1.165) is 18.0 Å². The SMILES string of the molecule is CCCN(CC1CCNCC1)C1CCN2CCCC12. The lowest BCUT2D eigenvalue weighted by atomic mass is 9.95. The third-order valence-corrected chi connectivity index (χ3v) is 5.50. The van der Waals surface area contributed by atoms with Crippen molar-refractivity contribution in [1.82, 2.24) is 15.1 Å². The van der Waals surface area contributed by atoms with Crippen LogP contribution in [0, 0.1) is 5.92 Å². The molecule has 3 rings (SSSR count). The van der Waals surface area contributed by atoms with Gasteiger partial charge in [-0.25, -0.2) is 0 Å². The van der Waals surface area contributed by atoms with Crippen LogP contribution < -0.4 is 5.32 Å². The zero-order valence-electron chi connectivity index (χ0n) is 12.6. The van der Waals surface area contributed by atoms with Crippen LogP contribution in [0.1, 0.15) is 45.4 Å². The summed E-state index contributed by atoms with van der Waals surface area (Å²) < 4.78 is 0. The molecule has 0 aliphatic carbocycles. The Bertz CT molecular complexity index is 275. The largest absolute Gasteiger partial charge is 0.317 e. The van der Waals surface area contributed by atoms with Gasteiger partial charge in [-0.2, -0.15) is 0 Å². The zero-order chi connectivity index (χ0) is 13.1. The lowest BCUT2D eigenvalue weighted by Gasteiger charge is -2.36. The maximum atomic E-state index is 3.50. The van der Waals surface area contributed by atoms with Crippen LogP contribution in [-0.4, -0.2) is 61.2 Å². The van der Waals surface area contributed by atoms with E-state index in [1.165, 1.54) is 77.8 Å². The number of nitrogens with zero attached hydrogens (tertiary/aromatic N) is 2. The Morgan fingerprint density at radius 1 is 1.11 bits per heavy atom. The first-order chi connectivity index (χ1) is 9.38. The van der Waals surface area contributed by atoms with E-state index >= 15 is 0 Å². The Balaban J connectivity index is 1.59. The van der Waals surface area contributed by atoms with E-state index in [2.05, 4.69) is 22.0 Å². The first-order valence-corrected chi connectivity index (χ1v) is 8.57. The van der Waals surface area contributed by atoms with Gasteiger partial charge in [-0.15, -0.1) is 0 Å². The second kappa shape index (κ2) is 6.55. The van der Waals surface area contributed by atoms with Gasteiger partial charge in [-0.05, 0) is 70.6 Å². The second-order valence-electron chi connectivity index (χ2n) is 6.79. The van der Waals surface area contributed by atoms with Crippen molar-refractivity contribution in [3.05, 3.63) is 0 Å². The van der Waals surface area contributed by atoms with Crippen molar-refractivity contribution in [3.63, 3.8) is 0 Å². The van der Waals surface area contributed by atoms with Crippen molar-refractivity contribution in [1.29, 1.82) is 0 Å². The van der Waals surface area contributed by atoms with Crippen LogP contribution in [0.3, 0.4) is 0 Å². The summed E-state index contributed by atoms with van der Waals surface area (Å²) in [6.07, 6.45) is 8.41. The van der Waals surface area contributed by atoms with Gasteiger partial charge in [0.25, 0.3) is 0 Å². The molecule has 110 valence electrons. The van der Waals surface area contributed by atoms with Gasteiger partial charge in [-0.3, -0.25) is 9.80 Å². The third kappa shape index (κ3) is 3.14. The molecule has 2 atom stereocenters. The van der Waals surface area contributed by atoms with Crippen LogP contribution in [0.2, 0.25) is 0 Å². The van der Waals surface area contributed by atoms with Gasteiger partial charge in [0, 0.05) is 25.2 Å². The summed E-state index contributed by atoms with van der Waals surface area (Å²) in [6, 6.07) is 1.77. The minimum atomic E-state index is 0.873. The van der Waals surface area contributed by atoms with Gasteiger partial charge in [-0.1, -0.05) is 6.92 Å². The fraction of sp³-hybridized carbons (Fsp3) is 1.00. The van der Waals surface area contributed by atoms with Gasteiger partial charge in [0.15, 0.2) is 0 Å². The van der Waals surface area contributed by atoms with Crippen LogP contribution in [0.15, 0.2) is 0 Å². The molecule has 0 radical (unpaired) electrons. The maximum Gasteiger partial charge on any atom is 0.0263 e. The highest BCUT2D eigenvalue weighted by molar-refractivity contribution is 4.97. The minimum absolute atomic E-state index is 0.873. The molecular weight excluding hydrogens is 234 g/mol. The molecule has 0 spiro atoms. The molecule has 1 N–H and O–H groups in total. The van der Waals surface area contributed by atoms with E-state index in [1.54, 1.807) is 0 Å². The van der Waals surface area contributed by atoms with Crippen molar-refractivity contribution < 1.29 is 0 Å². The summed E-state index contributed by atoms with van der Waals surface area (Å²) >= 11 is 0. The molecule has 3 nitrogen and oxygen atoms in total. The molecule has 19 heavy (non-hydrogen) atoms. The van der Waals surface area contributed by atoms with Gasteiger partial charge in [0.05, 0.1) is 0 Å². The highest BCUT2D eigenvalue weighted by Gasteiger charge is 2.40. The number of rotatable bonds is 5. The van der Waals surface area contributed by atoms with Crippen molar-refractivity contribution >= 4 is 0 Å². The quantitative estimate of drug-likeness (QED) is 0.819. The minimum Gasteiger partial charge on any atom is -0.317 e. The van der Waals surface area contributed by atoms with Gasteiger partial charge >= 0.3 is 0 Å². The molecule has 3 heterocycles. The van der Waals surface area contributed by atoms with Gasteiger partial charge in [0.2, 0.25) is 0 Å². The van der Waals surface area contributed by atoms with E-state index in [-0.39, 0.29) is 0 Å². The molecule has 3 heteroatoms. The molecule has 0 bridgehead atoms. The molecule has 3 saturated heterocycles. The molecule has 3 aliphatic rings. The monoisotopic (exact) mass is 265 g/mol. The topological polar surface area (TPSA) is 18.5 Å². The molecular formula is C16H31N3. The lowest BCUT2D eigenvalue weighted by Crippen LogP contribution is -2.46. The third-order valence-electron chi connectivity index (χ3n) is 5.50. The zero-order valence-corrected chi connectivity index (χ0v) is 12.6. The van der Waals surface area contributed by atoms with Gasteiger partial charge in [0.1, 0.15) is 0 Å². The Hall–Kier alpha value is -0.120. The summed E-state index contributed by atoms with van der Waals surface area (Å²) in [4.78, 5) is 5.63. The van der Waals surface area contributed by atoms with E-state index in [9.17, 15) is 0 Å². The van der Waals surface area contributed by atoms with Crippen LogP contribution in [-0.2, 0) is 0 Å². The van der Waals surface area contributed by atoms with Gasteiger partial charge < -0.3 is 5.32 Å². The fourth-order valence-corrected chi connectivity index (χ4v) is 4.56. The fourth-order valence-electron chi connectivity index (χ4n) is 4.56. The number of nitrogens with one attached hydrogen (secondary N) is 1. The average Bonchev–Trinajstić information content (AvgIpc) is 3.02. The van der Waals surface area contributed by atoms with E-state index in [1.807, 2.05) is 0 Å². The highest BCUT2D eigenvalue weighted by atomic mass is 15.3. The normalized spacial score (nSPS) is 33.2. The van der Waals surface area contributed by atoms with Crippen molar-refractivity contribution in [2.24, 2.45) is 5.92 Å². The van der Waals surface area contributed by atoms with Crippen molar-refractivity contribution in [2.45, 2.75) is 57.5 Å². The molecule has 0 aromatic carbocycles. The van der Waals surface area contributed by atoms with Crippen molar-refractivity contribution in [3.8, 4) is 0 Å². The predicted molar refractivity (Wildman–Crippen MR) is 80.5 cm³/mol. The van der Waals surface area contributed by atoms with Crippen LogP contribution in [0.25, 0.3) is 0 Å². The number of fused-ring (bicyclic) bond motifs is 1. The summed E-state index contributed by atoms with van der Waals surface area (Å²) in [6.45, 7) is 10.2. The first-order valence-electron chi connectivity index (χ1n) is 8.57. The Labute approximate surface area is 118 Å². The van der Waals surface area contributed by atoms with Crippen molar-refractivity contribution in [2.75, 3.05) is 39.3 Å². The van der Waals surface area contributed by atoms with E-state index < -0.39 is 0 Å². The Morgan fingerprint density at radius 2 is 1.95 bits per heavy atom. The Morgan fingerprint density at radius 3 is 2.74 bits per heavy atom. The molecule has 2 unspecified atom stereocenters. The van der Waals surface area contributed by atoms with E-state index in [0.29, 0.717) is 0 Å². The summed E-state index contributed by atoms with van der Waals surface area (Å²) in [5.74, 6) is 0.947. The summed E-state index contributed by atoms with van der Waals surface area (Å²) in [5.41, 5.74) is 0. The number of hydrogen-bond acceptors (Lipinski definition) is 3. The second-order valence-corrected chi connectivity index (χ2v) is 6.79. The van der Waals surface area contributed by atoms with Crippen LogP contribution in [0.5, 0.6) is 0 Å². The Kier molecular flexibility index (Phi) is 4.78. The standard InChI is InChI=1S/C16H31N3/c1-2-10-19(13-14-5-8-17-9-6-14)16-7-12-18-11-3-4-15(16)18/h14-17H,2-13H2,1H3. The predicted octanol–water partition coefficient (Wildman–Crippen LogP) is 1.93. The molecule has 3 aliphatic heterocycles. The maximum absolute atomic E-state index is 3.50. The molecule has 0 saturated carbocycles. The van der Waals surface area contributed by atoms with Crippen LogP contribution in [0.4, 0.5) is 0 Å². The molecule has 3 fully saturated rings. The number of piperidine rings is 1. The first kappa shape index (κ1) is 13.8. The highest BCUT2D eigenvalue weighted by Crippen LogP contribution is 2.32. The molecule has 0 aromatic rings. The van der Waals surface area contributed by atoms with Crippen LogP contribution >= 0.6 is 0 Å².